The van der Waals surface area contributed by atoms with Gasteiger partial charge in [0, 0.05) is 22.6 Å². The summed E-state index contributed by atoms with van der Waals surface area (Å²) in [6.45, 7) is 0. The van der Waals surface area contributed by atoms with Crippen LogP contribution < -0.4 is 20.7 Å². The van der Waals surface area contributed by atoms with Crippen LogP contribution in [0, 0.1) is 5.82 Å². The fraction of sp³-hybridized carbons (Fsp3) is 0.0370. The molecule has 3 amide bonds. The second-order valence-corrected chi connectivity index (χ2v) is 8.29. The maximum atomic E-state index is 13.1. The molecule has 3 N–H and O–H groups in total. The number of urea groups is 1. The van der Waals surface area contributed by atoms with Gasteiger partial charge >= 0.3 is 12.2 Å². The van der Waals surface area contributed by atoms with E-state index in [-0.39, 0.29) is 5.69 Å². The lowest BCUT2D eigenvalue weighted by molar-refractivity contribution is -0.137. The van der Waals surface area contributed by atoms with Gasteiger partial charge in [-0.25, -0.2) is 9.18 Å². The summed E-state index contributed by atoms with van der Waals surface area (Å²) in [6, 6.07) is 20.2. The lowest BCUT2D eigenvalue weighted by Gasteiger charge is -2.13. The van der Waals surface area contributed by atoms with Gasteiger partial charge in [-0.1, -0.05) is 17.7 Å². The number of hydrogen-bond donors (Lipinski definition) is 3. The fourth-order valence-corrected chi connectivity index (χ4v) is 3.52. The van der Waals surface area contributed by atoms with Crippen molar-refractivity contribution in [2.75, 3.05) is 16.0 Å². The summed E-state index contributed by atoms with van der Waals surface area (Å²) >= 11 is 5.59. The molecule has 0 aliphatic carbocycles. The standard InChI is InChI=1S/C27H18ClF4N3O3/c28-24-13-10-20(15-23(24)27(30,31)32)35-26(37)34-19-8-11-21(12-9-19)38-22-3-1-2-16(14-22)25(36)33-18-6-4-17(29)5-7-18/h1-15H,(H,33,36)(H2,34,35,37). The number of rotatable bonds is 6. The van der Waals surface area contributed by atoms with Crippen molar-refractivity contribution in [2.24, 2.45) is 0 Å². The molecule has 0 saturated heterocycles. The lowest BCUT2D eigenvalue weighted by Crippen LogP contribution is -2.19. The van der Waals surface area contributed by atoms with Crippen LogP contribution in [0.1, 0.15) is 15.9 Å². The molecule has 0 atom stereocenters. The number of alkyl halides is 3. The first-order chi connectivity index (χ1) is 18.1. The summed E-state index contributed by atoms with van der Waals surface area (Å²) in [5, 5.41) is 7.02. The molecule has 0 fully saturated rings. The van der Waals surface area contributed by atoms with Crippen molar-refractivity contribution in [1.29, 1.82) is 0 Å². The average Bonchev–Trinajstić information content (AvgIpc) is 2.87. The van der Waals surface area contributed by atoms with Crippen molar-refractivity contribution < 1.29 is 31.9 Å². The van der Waals surface area contributed by atoms with Crippen molar-refractivity contribution >= 4 is 40.6 Å². The second-order valence-electron chi connectivity index (χ2n) is 7.89. The van der Waals surface area contributed by atoms with Crippen LogP contribution in [0.5, 0.6) is 11.5 Å². The topological polar surface area (TPSA) is 79.5 Å². The highest BCUT2D eigenvalue weighted by Gasteiger charge is 2.33. The van der Waals surface area contributed by atoms with Crippen molar-refractivity contribution in [2.45, 2.75) is 6.18 Å². The van der Waals surface area contributed by atoms with Crippen LogP contribution in [0.3, 0.4) is 0 Å². The molecule has 0 aliphatic rings. The number of carbonyl (C=O) groups is 2. The third-order valence-corrected chi connectivity index (χ3v) is 5.41. The van der Waals surface area contributed by atoms with Crippen LogP contribution in [-0.2, 0) is 6.18 Å². The molecule has 0 unspecified atom stereocenters. The number of amides is 3. The largest absolute Gasteiger partial charge is 0.457 e. The van der Waals surface area contributed by atoms with Crippen molar-refractivity contribution in [3.63, 3.8) is 0 Å². The maximum absolute atomic E-state index is 13.1. The van der Waals surface area contributed by atoms with Crippen LogP contribution in [0.25, 0.3) is 0 Å². The number of hydrogen-bond acceptors (Lipinski definition) is 3. The molecule has 4 aromatic rings. The van der Waals surface area contributed by atoms with Gasteiger partial charge in [-0.15, -0.1) is 0 Å². The summed E-state index contributed by atoms with van der Waals surface area (Å²) < 4.78 is 57.9. The highest BCUT2D eigenvalue weighted by molar-refractivity contribution is 6.31. The van der Waals surface area contributed by atoms with E-state index in [1.807, 2.05) is 0 Å². The van der Waals surface area contributed by atoms with Gasteiger partial charge in [0.15, 0.2) is 0 Å². The van der Waals surface area contributed by atoms with Crippen LogP contribution in [0.4, 0.5) is 39.4 Å². The van der Waals surface area contributed by atoms with Gasteiger partial charge in [0.05, 0.1) is 10.6 Å². The molecule has 0 saturated carbocycles. The minimum absolute atomic E-state index is 0.0810. The molecule has 0 radical (unpaired) electrons. The highest BCUT2D eigenvalue weighted by atomic mass is 35.5. The van der Waals surface area contributed by atoms with Gasteiger partial charge in [0.25, 0.3) is 5.91 Å². The zero-order valence-electron chi connectivity index (χ0n) is 19.3. The number of nitrogens with one attached hydrogen (secondary N) is 3. The number of halogens is 5. The smallest absolute Gasteiger partial charge is 0.417 e. The van der Waals surface area contributed by atoms with E-state index in [4.69, 9.17) is 16.3 Å². The first-order valence-corrected chi connectivity index (χ1v) is 11.3. The highest BCUT2D eigenvalue weighted by Crippen LogP contribution is 2.36. The quantitative estimate of drug-likeness (QED) is 0.214. The monoisotopic (exact) mass is 543 g/mol. The molecular weight excluding hydrogens is 526 g/mol. The molecule has 38 heavy (non-hydrogen) atoms. The lowest BCUT2D eigenvalue weighted by atomic mass is 10.2. The minimum atomic E-state index is -4.66. The molecule has 0 heterocycles. The van der Waals surface area contributed by atoms with Crippen molar-refractivity contribution in [3.8, 4) is 11.5 Å². The third kappa shape index (κ3) is 7.01. The number of benzene rings is 4. The van der Waals surface area contributed by atoms with Crippen molar-refractivity contribution in [1.82, 2.24) is 0 Å². The van der Waals surface area contributed by atoms with Gasteiger partial charge in [0.1, 0.15) is 17.3 Å². The van der Waals surface area contributed by atoms with E-state index in [1.54, 1.807) is 30.3 Å². The molecule has 4 aromatic carbocycles. The molecule has 0 bridgehead atoms. The van der Waals surface area contributed by atoms with E-state index in [1.165, 1.54) is 48.5 Å². The maximum Gasteiger partial charge on any atom is 0.417 e. The Bertz CT molecular complexity index is 1460. The van der Waals surface area contributed by atoms with E-state index in [0.717, 1.165) is 12.1 Å². The number of ether oxygens (including phenoxy) is 1. The summed E-state index contributed by atoms with van der Waals surface area (Å²) in [4.78, 5) is 24.7. The summed E-state index contributed by atoms with van der Waals surface area (Å²) in [7, 11) is 0. The van der Waals surface area contributed by atoms with Gasteiger partial charge in [-0.3, -0.25) is 4.79 Å². The Morgan fingerprint density at radius 3 is 2.00 bits per heavy atom. The first-order valence-electron chi connectivity index (χ1n) is 11.0. The van der Waals surface area contributed by atoms with Crippen LogP contribution in [0.15, 0.2) is 91.0 Å². The van der Waals surface area contributed by atoms with Crippen LogP contribution in [-0.4, -0.2) is 11.9 Å². The Morgan fingerprint density at radius 2 is 1.32 bits per heavy atom. The number of carbonyl (C=O) groups excluding carboxylic acids is 2. The van der Waals surface area contributed by atoms with Crippen molar-refractivity contribution in [3.05, 3.63) is 113 Å². The van der Waals surface area contributed by atoms with E-state index in [0.29, 0.717) is 28.4 Å². The third-order valence-electron chi connectivity index (χ3n) is 5.08. The average molecular weight is 544 g/mol. The Balaban J connectivity index is 1.35. The molecule has 0 spiro atoms. The second kappa shape index (κ2) is 11.2. The molecule has 6 nitrogen and oxygen atoms in total. The Morgan fingerprint density at radius 1 is 0.711 bits per heavy atom. The van der Waals surface area contributed by atoms with E-state index >= 15 is 0 Å². The summed E-state index contributed by atoms with van der Waals surface area (Å²) in [5.41, 5.74) is -0.0327. The first kappa shape index (κ1) is 26.5. The Labute approximate surface area is 219 Å². The van der Waals surface area contributed by atoms with E-state index < -0.39 is 34.5 Å². The van der Waals surface area contributed by atoms with Crippen LogP contribution >= 0.6 is 11.6 Å². The zero-order chi connectivity index (χ0) is 27.3. The van der Waals surface area contributed by atoms with E-state index in [2.05, 4.69) is 16.0 Å². The SMILES string of the molecule is O=C(Nc1ccc(Oc2cccc(C(=O)Nc3ccc(F)cc3)c2)cc1)Nc1ccc(Cl)c(C(F)(F)F)c1. The summed E-state index contributed by atoms with van der Waals surface area (Å²) in [6.07, 6.45) is -4.66. The number of anilines is 3. The predicted molar refractivity (Wildman–Crippen MR) is 136 cm³/mol. The van der Waals surface area contributed by atoms with Gasteiger partial charge < -0.3 is 20.7 Å². The van der Waals surface area contributed by atoms with Crippen LogP contribution in [0.2, 0.25) is 5.02 Å². The molecule has 0 aliphatic heterocycles. The molecule has 4 rings (SSSR count). The van der Waals surface area contributed by atoms with Gasteiger partial charge in [0.2, 0.25) is 0 Å². The Kier molecular flexibility index (Phi) is 7.82. The molecule has 0 aromatic heterocycles. The summed E-state index contributed by atoms with van der Waals surface area (Å²) in [5.74, 6) is -0.0463. The molecule has 194 valence electrons. The Hall–Kier alpha value is -4.57. The van der Waals surface area contributed by atoms with E-state index in [9.17, 15) is 27.2 Å². The minimum Gasteiger partial charge on any atom is -0.457 e. The fourth-order valence-electron chi connectivity index (χ4n) is 3.29. The molecular formula is C27H18ClF4N3O3. The predicted octanol–water partition coefficient (Wildman–Crippen LogP) is 8.19. The molecule has 11 heteroatoms. The normalized spacial score (nSPS) is 11.0. The van der Waals surface area contributed by atoms with Gasteiger partial charge in [-0.05, 0) is 84.9 Å². The zero-order valence-corrected chi connectivity index (χ0v) is 20.0. The van der Waals surface area contributed by atoms with Gasteiger partial charge in [-0.2, -0.15) is 13.2 Å².